The maximum atomic E-state index is 12.2. The summed E-state index contributed by atoms with van der Waals surface area (Å²) < 4.78 is 16.6. The Morgan fingerprint density at radius 3 is 2.38 bits per heavy atom. The lowest BCUT2D eigenvalue weighted by Gasteiger charge is -2.13. The van der Waals surface area contributed by atoms with Gasteiger partial charge in [0.2, 0.25) is 0 Å². The van der Waals surface area contributed by atoms with Crippen LogP contribution in [0.25, 0.3) is 5.57 Å². The van der Waals surface area contributed by atoms with Crippen molar-refractivity contribution in [2.75, 3.05) is 20.8 Å². The molecule has 1 aromatic carbocycles. The summed E-state index contributed by atoms with van der Waals surface area (Å²) in [7, 11) is 2.83. The summed E-state index contributed by atoms with van der Waals surface area (Å²) >= 11 is 0. The predicted molar refractivity (Wildman–Crippen MR) is 95.1 cm³/mol. The number of ether oxygens (including phenoxy) is 3. The lowest BCUT2D eigenvalue weighted by molar-refractivity contribution is -0.136. The number of aliphatic hydroxyl groups is 1. The Balaban J connectivity index is 2.46. The van der Waals surface area contributed by atoms with Gasteiger partial charge in [-0.05, 0) is 30.7 Å². The van der Waals surface area contributed by atoms with Crippen molar-refractivity contribution in [2.45, 2.75) is 13.5 Å². The van der Waals surface area contributed by atoms with E-state index in [1.54, 1.807) is 24.8 Å². The minimum Gasteiger partial charge on any atom is -0.515 e. The van der Waals surface area contributed by atoms with Crippen molar-refractivity contribution in [2.24, 2.45) is 0 Å². The first-order valence-corrected chi connectivity index (χ1v) is 7.97. The normalized spacial score (nSPS) is 11.1. The van der Waals surface area contributed by atoms with E-state index in [9.17, 15) is 14.7 Å². The zero-order valence-electron chi connectivity index (χ0n) is 14.9. The van der Waals surface area contributed by atoms with Crippen LogP contribution in [0.2, 0.25) is 0 Å². The van der Waals surface area contributed by atoms with E-state index in [-0.39, 0.29) is 23.4 Å². The third kappa shape index (κ3) is 4.05. The zero-order valence-corrected chi connectivity index (χ0v) is 14.9. The fourth-order valence-electron chi connectivity index (χ4n) is 2.53. The van der Waals surface area contributed by atoms with E-state index < -0.39 is 11.9 Å². The first-order valence-electron chi connectivity index (χ1n) is 7.97. The van der Waals surface area contributed by atoms with Crippen molar-refractivity contribution in [3.63, 3.8) is 0 Å². The van der Waals surface area contributed by atoms with E-state index in [1.807, 2.05) is 24.3 Å². The van der Waals surface area contributed by atoms with Crippen LogP contribution in [0.15, 0.2) is 42.8 Å². The molecule has 7 nitrogen and oxygen atoms in total. The highest BCUT2D eigenvalue weighted by atomic mass is 16.5. The molecule has 0 atom stereocenters. The van der Waals surface area contributed by atoms with E-state index in [0.29, 0.717) is 12.8 Å². The first kappa shape index (κ1) is 19.1. The van der Waals surface area contributed by atoms with E-state index in [4.69, 9.17) is 14.2 Å². The molecule has 7 heteroatoms. The molecule has 0 radical (unpaired) electrons. The molecule has 0 saturated heterocycles. The molecule has 1 N–H and O–H groups in total. The molecule has 26 heavy (non-hydrogen) atoms. The molecule has 0 aliphatic carbocycles. The highest BCUT2D eigenvalue weighted by Gasteiger charge is 2.25. The van der Waals surface area contributed by atoms with E-state index in [1.165, 1.54) is 13.2 Å². The quantitative estimate of drug-likeness (QED) is 0.465. The second-order valence-electron chi connectivity index (χ2n) is 5.31. The maximum Gasteiger partial charge on any atom is 0.343 e. The summed E-state index contributed by atoms with van der Waals surface area (Å²) in [5.41, 5.74) is 1.19. The molecule has 2 aromatic rings. The Morgan fingerprint density at radius 2 is 1.85 bits per heavy atom. The van der Waals surface area contributed by atoms with Gasteiger partial charge in [0.15, 0.2) is 0 Å². The first-order chi connectivity index (χ1) is 12.5. The summed E-state index contributed by atoms with van der Waals surface area (Å²) in [6.45, 7) is 2.17. The third-order valence-corrected chi connectivity index (χ3v) is 3.76. The molecular weight excluding hydrogens is 338 g/mol. The van der Waals surface area contributed by atoms with Gasteiger partial charge in [0.1, 0.15) is 11.3 Å². The van der Waals surface area contributed by atoms with Crippen molar-refractivity contribution in [1.29, 1.82) is 0 Å². The minimum atomic E-state index is -0.727. The van der Waals surface area contributed by atoms with Gasteiger partial charge in [0.25, 0.3) is 0 Å². The molecule has 0 amide bonds. The average molecular weight is 359 g/mol. The molecule has 2 rings (SSSR count). The number of rotatable bonds is 7. The van der Waals surface area contributed by atoms with Crippen LogP contribution in [0.4, 0.5) is 0 Å². The van der Waals surface area contributed by atoms with Crippen molar-refractivity contribution < 1.29 is 28.9 Å². The number of methoxy groups -OCH3 is 2. The van der Waals surface area contributed by atoms with Crippen LogP contribution in [0.1, 0.15) is 28.5 Å². The molecule has 0 spiro atoms. The number of carbonyl (C=O) groups excluding carboxylic acids is 2. The standard InChI is InChI=1S/C19H21NO6/c1-4-26-19(23)16(12-21)17-15(18(22)25-3)9-10-20(17)11-13-5-7-14(24-2)8-6-13/h5-10,12,21H,4,11H2,1-3H3. The van der Waals surface area contributed by atoms with Gasteiger partial charge < -0.3 is 23.9 Å². The van der Waals surface area contributed by atoms with Gasteiger partial charge >= 0.3 is 11.9 Å². The van der Waals surface area contributed by atoms with Crippen molar-refractivity contribution >= 4 is 17.5 Å². The summed E-state index contributed by atoms with van der Waals surface area (Å²) in [4.78, 5) is 24.3. The molecule has 1 aromatic heterocycles. The molecule has 0 aliphatic heterocycles. The summed E-state index contributed by atoms with van der Waals surface area (Å²) in [5, 5.41) is 9.59. The van der Waals surface area contributed by atoms with Gasteiger partial charge in [-0.2, -0.15) is 0 Å². The highest BCUT2D eigenvalue weighted by molar-refractivity contribution is 6.18. The third-order valence-electron chi connectivity index (χ3n) is 3.76. The molecule has 0 saturated carbocycles. The number of hydrogen-bond acceptors (Lipinski definition) is 6. The molecule has 0 bridgehead atoms. The molecule has 0 fully saturated rings. The van der Waals surface area contributed by atoms with E-state index in [0.717, 1.165) is 11.3 Å². The maximum absolute atomic E-state index is 12.2. The van der Waals surface area contributed by atoms with Crippen LogP contribution in [-0.4, -0.2) is 42.4 Å². The largest absolute Gasteiger partial charge is 0.515 e. The lowest BCUT2D eigenvalue weighted by Crippen LogP contribution is -2.15. The second-order valence-corrected chi connectivity index (χ2v) is 5.31. The number of carbonyl (C=O) groups is 2. The minimum absolute atomic E-state index is 0.120. The van der Waals surface area contributed by atoms with Crippen LogP contribution in [0, 0.1) is 0 Å². The van der Waals surface area contributed by atoms with Crippen LogP contribution >= 0.6 is 0 Å². The fraction of sp³-hybridized carbons (Fsp3) is 0.263. The molecule has 0 unspecified atom stereocenters. The number of nitrogens with zero attached hydrogens (tertiary/aromatic N) is 1. The van der Waals surface area contributed by atoms with Crippen LogP contribution in [-0.2, 0) is 20.8 Å². The van der Waals surface area contributed by atoms with Crippen molar-refractivity contribution in [3.8, 4) is 5.75 Å². The summed E-state index contributed by atoms with van der Waals surface area (Å²) in [6, 6.07) is 8.90. The van der Waals surface area contributed by atoms with Gasteiger partial charge in [-0.1, -0.05) is 12.1 Å². The van der Waals surface area contributed by atoms with E-state index >= 15 is 0 Å². The smallest absolute Gasteiger partial charge is 0.343 e. The van der Waals surface area contributed by atoms with Gasteiger partial charge in [-0.15, -0.1) is 0 Å². The Bertz CT molecular complexity index is 804. The van der Waals surface area contributed by atoms with E-state index in [2.05, 4.69) is 0 Å². The number of aromatic nitrogens is 1. The monoisotopic (exact) mass is 359 g/mol. The Labute approximate surface area is 151 Å². The topological polar surface area (TPSA) is 87.0 Å². The Morgan fingerprint density at radius 1 is 1.15 bits per heavy atom. The number of hydrogen-bond donors (Lipinski definition) is 1. The average Bonchev–Trinajstić information content (AvgIpc) is 3.06. The van der Waals surface area contributed by atoms with Crippen molar-refractivity contribution in [3.05, 3.63) is 59.6 Å². The molecule has 0 aliphatic rings. The molecule has 138 valence electrons. The molecule has 1 heterocycles. The van der Waals surface area contributed by atoms with Gasteiger partial charge in [0.05, 0.1) is 38.3 Å². The fourth-order valence-corrected chi connectivity index (χ4v) is 2.53. The van der Waals surface area contributed by atoms with Gasteiger partial charge in [0, 0.05) is 12.7 Å². The summed E-state index contributed by atoms with van der Waals surface area (Å²) in [6.07, 6.45) is 2.29. The van der Waals surface area contributed by atoms with Crippen molar-refractivity contribution in [1.82, 2.24) is 4.57 Å². The number of esters is 2. The summed E-state index contributed by atoms with van der Waals surface area (Å²) in [5.74, 6) is -0.619. The van der Waals surface area contributed by atoms with Crippen LogP contribution < -0.4 is 4.74 Å². The Kier molecular flexibility index (Phi) is 6.43. The number of benzene rings is 1. The predicted octanol–water partition coefficient (Wildman–Crippen LogP) is 2.79. The highest BCUT2D eigenvalue weighted by Crippen LogP contribution is 2.24. The SMILES string of the molecule is CCOC(=O)C(=CO)c1c(C(=O)OC)ccn1Cc1ccc(OC)cc1. The van der Waals surface area contributed by atoms with Gasteiger partial charge in [-0.3, -0.25) is 0 Å². The van der Waals surface area contributed by atoms with Crippen LogP contribution in [0.5, 0.6) is 5.75 Å². The zero-order chi connectivity index (χ0) is 19.1. The van der Waals surface area contributed by atoms with Crippen LogP contribution in [0.3, 0.4) is 0 Å². The Hall–Kier alpha value is -3.22. The lowest BCUT2D eigenvalue weighted by atomic mass is 10.1. The molecular formula is C19H21NO6. The number of aliphatic hydroxyl groups excluding tert-OH is 1. The van der Waals surface area contributed by atoms with Gasteiger partial charge in [-0.25, -0.2) is 9.59 Å². The second kappa shape index (κ2) is 8.75.